The van der Waals surface area contributed by atoms with Gasteiger partial charge in [0.25, 0.3) is 11.8 Å². The topological polar surface area (TPSA) is 105 Å². The van der Waals surface area contributed by atoms with E-state index in [9.17, 15) is 19.2 Å². The van der Waals surface area contributed by atoms with Crippen LogP contribution >= 0.6 is 0 Å². The Kier molecular flexibility index (Phi) is 6.43. The van der Waals surface area contributed by atoms with E-state index in [1.807, 2.05) is 39.0 Å². The summed E-state index contributed by atoms with van der Waals surface area (Å²) in [6.07, 6.45) is 4.05. The van der Waals surface area contributed by atoms with Crippen molar-refractivity contribution in [2.75, 3.05) is 18.5 Å². The predicted octanol–water partition coefficient (Wildman–Crippen LogP) is 2.54. The van der Waals surface area contributed by atoms with Gasteiger partial charge in [0, 0.05) is 5.69 Å². The highest BCUT2D eigenvalue weighted by Gasteiger charge is 2.55. The van der Waals surface area contributed by atoms with E-state index in [1.165, 1.54) is 0 Å². The number of nitrogens with one attached hydrogen (secondary N) is 2. The van der Waals surface area contributed by atoms with E-state index in [1.54, 1.807) is 0 Å². The highest BCUT2D eigenvalue weighted by Crippen LogP contribution is 2.38. The zero-order chi connectivity index (χ0) is 21.9. The summed E-state index contributed by atoms with van der Waals surface area (Å²) in [5.74, 6) is -1.64. The number of carbonyl (C=O) groups excluding carboxylic acids is 4. The predicted molar refractivity (Wildman–Crippen MR) is 111 cm³/mol. The quantitative estimate of drug-likeness (QED) is 0.549. The number of ether oxygens (including phenoxy) is 1. The first kappa shape index (κ1) is 21.8. The van der Waals surface area contributed by atoms with Crippen LogP contribution in [0.3, 0.4) is 0 Å². The van der Waals surface area contributed by atoms with E-state index in [-0.39, 0.29) is 11.8 Å². The van der Waals surface area contributed by atoms with Crippen LogP contribution in [0.15, 0.2) is 18.2 Å². The molecule has 0 aromatic heterocycles. The summed E-state index contributed by atoms with van der Waals surface area (Å²) in [4.78, 5) is 50.6. The number of hydrogen-bond donors (Lipinski definition) is 2. The summed E-state index contributed by atoms with van der Waals surface area (Å²) in [6, 6.07) is 5.15. The number of aryl methyl sites for hydroxylation is 2. The molecular formula is C22H29N3O5. The Morgan fingerprint density at radius 1 is 1.30 bits per heavy atom. The first-order valence-corrected chi connectivity index (χ1v) is 10.5. The zero-order valence-corrected chi connectivity index (χ0v) is 17.7. The number of anilines is 1. The molecule has 2 atom stereocenters. The summed E-state index contributed by atoms with van der Waals surface area (Å²) in [5, 5.41) is 5.56. The smallest absolute Gasteiger partial charge is 0.326 e. The highest BCUT2D eigenvalue weighted by atomic mass is 16.5. The SMILES string of the molecule is CCc1cccc(C)c1NC(=O)COC(=O)CN1C(=O)N[C@@]2(CCCC[C@H]2C)C1=O. The van der Waals surface area contributed by atoms with Gasteiger partial charge in [-0.1, -0.05) is 44.9 Å². The van der Waals surface area contributed by atoms with Crippen molar-refractivity contribution >= 4 is 29.5 Å². The molecule has 0 unspecified atom stereocenters. The highest BCUT2D eigenvalue weighted by molar-refractivity contribution is 6.09. The molecule has 162 valence electrons. The van der Waals surface area contributed by atoms with E-state index in [0.29, 0.717) is 12.1 Å². The summed E-state index contributed by atoms with van der Waals surface area (Å²) < 4.78 is 5.03. The van der Waals surface area contributed by atoms with Gasteiger partial charge in [0.15, 0.2) is 6.61 Å². The van der Waals surface area contributed by atoms with Crippen LogP contribution in [0.5, 0.6) is 0 Å². The number of para-hydroxylation sites is 1. The molecule has 0 bridgehead atoms. The fourth-order valence-corrected chi connectivity index (χ4v) is 4.34. The minimum Gasteiger partial charge on any atom is -0.454 e. The van der Waals surface area contributed by atoms with Crippen LogP contribution in [-0.2, 0) is 25.5 Å². The maximum absolute atomic E-state index is 12.9. The van der Waals surface area contributed by atoms with Gasteiger partial charge in [-0.15, -0.1) is 0 Å². The molecule has 1 saturated heterocycles. The van der Waals surface area contributed by atoms with Gasteiger partial charge in [0.1, 0.15) is 12.1 Å². The van der Waals surface area contributed by atoms with Crippen molar-refractivity contribution in [3.8, 4) is 0 Å². The van der Waals surface area contributed by atoms with Crippen LogP contribution in [0.25, 0.3) is 0 Å². The first-order chi connectivity index (χ1) is 14.3. The number of hydrogen-bond acceptors (Lipinski definition) is 5. The Bertz CT molecular complexity index is 868. The average Bonchev–Trinajstić information content (AvgIpc) is 2.95. The third-order valence-corrected chi connectivity index (χ3v) is 6.16. The standard InChI is InChI=1S/C22H29N3O5/c1-4-16-10-7-8-14(2)19(16)23-17(26)13-30-18(27)12-25-20(28)22(24-21(25)29)11-6-5-9-15(22)3/h7-8,10,15H,4-6,9,11-13H2,1-3H3,(H,23,26)(H,24,29)/t15-,22-/m1/s1. The lowest BCUT2D eigenvalue weighted by atomic mass is 9.73. The van der Waals surface area contributed by atoms with Crippen molar-refractivity contribution in [3.05, 3.63) is 29.3 Å². The Hall–Kier alpha value is -2.90. The second kappa shape index (κ2) is 8.85. The fourth-order valence-electron chi connectivity index (χ4n) is 4.34. The van der Waals surface area contributed by atoms with Crippen LogP contribution in [0, 0.1) is 12.8 Å². The van der Waals surface area contributed by atoms with E-state index in [0.717, 1.165) is 41.7 Å². The number of amides is 4. The van der Waals surface area contributed by atoms with Crippen LogP contribution in [0.1, 0.15) is 50.7 Å². The van der Waals surface area contributed by atoms with E-state index < -0.39 is 36.6 Å². The zero-order valence-electron chi connectivity index (χ0n) is 17.7. The van der Waals surface area contributed by atoms with Gasteiger partial charge in [-0.3, -0.25) is 19.3 Å². The van der Waals surface area contributed by atoms with Gasteiger partial charge < -0.3 is 15.4 Å². The van der Waals surface area contributed by atoms with Crippen molar-refractivity contribution in [2.24, 2.45) is 5.92 Å². The van der Waals surface area contributed by atoms with Crippen molar-refractivity contribution in [3.63, 3.8) is 0 Å². The molecule has 1 aromatic carbocycles. The maximum atomic E-state index is 12.9. The second-order valence-electron chi connectivity index (χ2n) is 8.11. The molecule has 1 aliphatic carbocycles. The number of esters is 1. The third kappa shape index (κ3) is 4.17. The van der Waals surface area contributed by atoms with Crippen LogP contribution < -0.4 is 10.6 Å². The van der Waals surface area contributed by atoms with E-state index >= 15 is 0 Å². The van der Waals surface area contributed by atoms with Crippen molar-refractivity contribution in [1.29, 1.82) is 0 Å². The van der Waals surface area contributed by atoms with Gasteiger partial charge >= 0.3 is 12.0 Å². The summed E-state index contributed by atoms with van der Waals surface area (Å²) in [5.41, 5.74) is 1.69. The van der Waals surface area contributed by atoms with Gasteiger partial charge in [-0.25, -0.2) is 4.79 Å². The number of urea groups is 1. The fraction of sp³-hybridized carbons (Fsp3) is 0.545. The third-order valence-electron chi connectivity index (χ3n) is 6.16. The molecule has 1 aromatic rings. The van der Waals surface area contributed by atoms with Crippen molar-refractivity contribution < 1.29 is 23.9 Å². The molecule has 2 aliphatic rings. The Morgan fingerprint density at radius 3 is 2.77 bits per heavy atom. The van der Waals surface area contributed by atoms with Gasteiger partial charge in [-0.2, -0.15) is 0 Å². The molecule has 8 heteroatoms. The molecule has 30 heavy (non-hydrogen) atoms. The molecule has 1 heterocycles. The normalized spacial score (nSPS) is 23.4. The summed E-state index contributed by atoms with van der Waals surface area (Å²) in [7, 11) is 0. The van der Waals surface area contributed by atoms with Crippen LogP contribution in [-0.4, -0.2) is 47.4 Å². The molecule has 0 radical (unpaired) electrons. The maximum Gasteiger partial charge on any atom is 0.326 e. The lowest BCUT2D eigenvalue weighted by molar-refractivity contribution is -0.150. The van der Waals surface area contributed by atoms with E-state index in [2.05, 4.69) is 10.6 Å². The minimum atomic E-state index is -0.922. The molecule has 4 amide bonds. The van der Waals surface area contributed by atoms with Gasteiger partial charge in [-0.05, 0) is 43.2 Å². The Labute approximate surface area is 176 Å². The van der Waals surface area contributed by atoms with Crippen LogP contribution in [0.2, 0.25) is 0 Å². The van der Waals surface area contributed by atoms with Crippen LogP contribution in [0.4, 0.5) is 10.5 Å². The number of carbonyl (C=O) groups is 4. The summed E-state index contributed by atoms with van der Waals surface area (Å²) in [6.45, 7) is 4.83. The average molecular weight is 415 g/mol. The lowest BCUT2D eigenvalue weighted by Gasteiger charge is -2.36. The van der Waals surface area contributed by atoms with Gasteiger partial charge in [0.2, 0.25) is 0 Å². The van der Waals surface area contributed by atoms with Gasteiger partial charge in [0.05, 0.1) is 0 Å². The second-order valence-corrected chi connectivity index (χ2v) is 8.11. The molecular weight excluding hydrogens is 386 g/mol. The number of rotatable bonds is 6. The number of imide groups is 1. The molecule has 3 rings (SSSR count). The molecule has 1 aliphatic heterocycles. The molecule has 8 nitrogen and oxygen atoms in total. The van der Waals surface area contributed by atoms with E-state index in [4.69, 9.17) is 4.74 Å². The molecule has 2 fully saturated rings. The number of nitrogens with zero attached hydrogens (tertiary/aromatic N) is 1. The Morgan fingerprint density at radius 2 is 2.07 bits per heavy atom. The number of benzene rings is 1. The monoisotopic (exact) mass is 415 g/mol. The minimum absolute atomic E-state index is 0.0105. The van der Waals surface area contributed by atoms with Crippen molar-refractivity contribution in [1.82, 2.24) is 10.2 Å². The molecule has 1 spiro atoms. The first-order valence-electron chi connectivity index (χ1n) is 10.5. The largest absolute Gasteiger partial charge is 0.454 e. The molecule has 1 saturated carbocycles. The summed E-state index contributed by atoms with van der Waals surface area (Å²) >= 11 is 0. The lowest BCUT2D eigenvalue weighted by Crippen LogP contribution is -2.54. The molecule has 2 N–H and O–H groups in total. The van der Waals surface area contributed by atoms with Crippen molar-refractivity contribution in [2.45, 2.75) is 58.4 Å². The Balaban J connectivity index is 1.55.